The monoisotopic (exact) mass is 427 g/mol. The Morgan fingerprint density at radius 2 is 1.93 bits per heavy atom. The standard InChI is InChI=1S/C20H18ClN5O2S/c21-15-4-3-14(12-16(15)24-19(27)17-2-1-11-29-17)20(28)26-9-7-25(8-10-26)18-13-22-5-6-23-18/h1-6,11-13H,7-10H2,(H,24,27). The number of carbonyl (C=O) groups excluding carboxylic acids is 2. The van der Waals surface area contributed by atoms with E-state index in [1.165, 1.54) is 11.3 Å². The zero-order valence-electron chi connectivity index (χ0n) is 15.4. The molecule has 1 fully saturated rings. The van der Waals surface area contributed by atoms with Crippen LogP contribution in [-0.2, 0) is 0 Å². The molecule has 3 heterocycles. The molecule has 29 heavy (non-hydrogen) atoms. The Morgan fingerprint density at radius 1 is 1.10 bits per heavy atom. The van der Waals surface area contributed by atoms with E-state index in [2.05, 4.69) is 20.2 Å². The number of piperazine rings is 1. The van der Waals surface area contributed by atoms with Crippen molar-refractivity contribution in [3.63, 3.8) is 0 Å². The third kappa shape index (κ3) is 4.38. The Balaban J connectivity index is 1.43. The van der Waals surface area contributed by atoms with Gasteiger partial charge in [0.2, 0.25) is 0 Å². The Labute approximate surface area is 177 Å². The molecule has 0 saturated carbocycles. The van der Waals surface area contributed by atoms with E-state index in [4.69, 9.17) is 11.6 Å². The van der Waals surface area contributed by atoms with E-state index in [9.17, 15) is 9.59 Å². The molecule has 7 nitrogen and oxygen atoms in total. The van der Waals surface area contributed by atoms with Gasteiger partial charge in [0.25, 0.3) is 11.8 Å². The summed E-state index contributed by atoms with van der Waals surface area (Å²) in [4.78, 5) is 38.1. The van der Waals surface area contributed by atoms with Gasteiger partial charge in [0.05, 0.1) is 21.8 Å². The lowest BCUT2D eigenvalue weighted by atomic mass is 10.1. The number of halogens is 1. The van der Waals surface area contributed by atoms with Crippen LogP contribution in [0.15, 0.2) is 54.3 Å². The summed E-state index contributed by atoms with van der Waals surface area (Å²) in [6.45, 7) is 2.52. The molecule has 4 rings (SSSR count). The first-order valence-corrected chi connectivity index (χ1v) is 10.3. The summed E-state index contributed by atoms with van der Waals surface area (Å²) in [5.41, 5.74) is 0.915. The van der Waals surface area contributed by atoms with E-state index in [-0.39, 0.29) is 11.8 Å². The minimum Gasteiger partial charge on any atom is -0.352 e. The van der Waals surface area contributed by atoms with E-state index in [1.807, 2.05) is 11.4 Å². The fraction of sp³-hybridized carbons (Fsp3) is 0.200. The predicted octanol–water partition coefficient (Wildman–Crippen LogP) is 3.41. The predicted molar refractivity (Wildman–Crippen MR) is 114 cm³/mol. The topological polar surface area (TPSA) is 78.4 Å². The maximum Gasteiger partial charge on any atom is 0.265 e. The fourth-order valence-electron chi connectivity index (χ4n) is 3.12. The van der Waals surface area contributed by atoms with Crippen molar-refractivity contribution in [2.75, 3.05) is 36.4 Å². The van der Waals surface area contributed by atoms with Crippen LogP contribution in [0.4, 0.5) is 11.5 Å². The van der Waals surface area contributed by atoms with Crippen molar-refractivity contribution in [1.29, 1.82) is 0 Å². The Hall–Kier alpha value is -2.97. The van der Waals surface area contributed by atoms with Gasteiger partial charge in [-0.05, 0) is 29.6 Å². The minimum atomic E-state index is -0.246. The van der Waals surface area contributed by atoms with E-state index >= 15 is 0 Å². The number of benzene rings is 1. The lowest BCUT2D eigenvalue weighted by Crippen LogP contribution is -2.49. The first kappa shape index (κ1) is 19.4. The minimum absolute atomic E-state index is 0.0907. The lowest BCUT2D eigenvalue weighted by Gasteiger charge is -2.35. The number of nitrogens with one attached hydrogen (secondary N) is 1. The molecule has 0 spiro atoms. The van der Waals surface area contributed by atoms with Crippen LogP contribution in [0.25, 0.3) is 0 Å². The Kier molecular flexibility index (Phi) is 5.73. The average molecular weight is 428 g/mol. The van der Waals surface area contributed by atoms with Gasteiger partial charge in [-0.1, -0.05) is 17.7 Å². The zero-order valence-corrected chi connectivity index (χ0v) is 17.0. The Morgan fingerprint density at radius 3 is 2.62 bits per heavy atom. The Bertz CT molecular complexity index is 1000. The lowest BCUT2D eigenvalue weighted by molar-refractivity contribution is 0.0746. The van der Waals surface area contributed by atoms with Gasteiger partial charge in [-0.2, -0.15) is 0 Å². The summed E-state index contributed by atoms with van der Waals surface area (Å²) in [7, 11) is 0. The number of thiophene rings is 1. The van der Waals surface area contributed by atoms with Crippen LogP contribution in [0.5, 0.6) is 0 Å². The van der Waals surface area contributed by atoms with Crippen LogP contribution in [0.1, 0.15) is 20.0 Å². The van der Waals surface area contributed by atoms with Crippen LogP contribution >= 0.6 is 22.9 Å². The number of hydrogen-bond donors (Lipinski definition) is 1. The molecule has 1 saturated heterocycles. The molecule has 2 amide bonds. The van der Waals surface area contributed by atoms with Crippen LogP contribution in [0.3, 0.4) is 0 Å². The van der Waals surface area contributed by atoms with Crippen LogP contribution in [-0.4, -0.2) is 52.9 Å². The molecule has 1 aromatic carbocycles. The summed E-state index contributed by atoms with van der Waals surface area (Å²) >= 11 is 7.57. The van der Waals surface area contributed by atoms with Gasteiger partial charge in [0, 0.05) is 44.1 Å². The molecule has 1 aliphatic heterocycles. The highest BCUT2D eigenvalue weighted by atomic mass is 35.5. The van der Waals surface area contributed by atoms with Crippen molar-refractivity contribution in [2.24, 2.45) is 0 Å². The van der Waals surface area contributed by atoms with Crippen molar-refractivity contribution in [1.82, 2.24) is 14.9 Å². The molecule has 2 aromatic heterocycles. The summed E-state index contributed by atoms with van der Waals surface area (Å²) < 4.78 is 0. The summed E-state index contributed by atoms with van der Waals surface area (Å²) in [5.74, 6) is 0.473. The molecular weight excluding hydrogens is 410 g/mol. The molecule has 3 aromatic rings. The first-order chi connectivity index (χ1) is 14.1. The van der Waals surface area contributed by atoms with Crippen molar-refractivity contribution in [3.8, 4) is 0 Å². The summed E-state index contributed by atoms with van der Waals surface area (Å²) in [6, 6.07) is 8.49. The molecule has 1 N–H and O–H groups in total. The highest BCUT2D eigenvalue weighted by Gasteiger charge is 2.23. The van der Waals surface area contributed by atoms with Gasteiger partial charge in [-0.25, -0.2) is 4.98 Å². The quantitative estimate of drug-likeness (QED) is 0.690. The van der Waals surface area contributed by atoms with Crippen molar-refractivity contribution >= 4 is 46.3 Å². The van der Waals surface area contributed by atoms with Crippen LogP contribution in [0, 0.1) is 0 Å². The van der Waals surface area contributed by atoms with Gasteiger partial charge in [0.1, 0.15) is 5.82 Å². The molecule has 0 radical (unpaired) electrons. The summed E-state index contributed by atoms with van der Waals surface area (Å²) in [5, 5.41) is 5.00. The number of carbonyl (C=O) groups is 2. The van der Waals surface area contributed by atoms with Gasteiger partial charge in [-0.3, -0.25) is 14.6 Å². The van der Waals surface area contributed by atoms with E-state index in [1.54, 1.807) is 47.8 Å². The number of nitrogens with zero attached hydrogens (tertiary/aromatic N) is 4. The number of hydrogen-bond acceptors (Lipinski definition) is 6. The molecule has 0 atom stereocenters. The van der Waals surface area contributed by atoms with Gasteiger partial charge >= 0.3 is 0 Å². The van der Waals surface area contributed by atoms with E-state index in [0.29, 0.717) is 47.3 Å². The van der Waals surface area contributed by atoms with Gasteiger partial charge in [-0.15, -0.1) is 11.3 Å². The number of amides is 2. The third-order valence-electron chi connectivity index (χ3n) is 4.65. The maximum atomic E-state index is 12.9. The van der Waals surface area contributed by atoms with Gasteiger partial charge in [0.15, 0.2) is 0 Å². The molecular formula is C20H18ClN5O2S. The highest BCUT2D eigenvalue weighted by molar-refractivity contribution is 7.12. The second-order valence-electron chi connectivity index (χ2n) is 6.47. The van der Waals surface area contributed by atoms with Crippen LogP contribution in [0.2, 0.25) is 5.02 Å². The highest BCUT2D eigenvalue weighted by Crippen LogP contribution is 2.25. The third-order valence-corrected chi connectivity index (χ3v) is 5.85. The first-order valence-electron chi connectivity index (χ1n) is 9.06. The van der Waals surface area contributed by atoms with Crippen molar-refractivity contribution < 1.29 is 9.59 Å². The van der Waals surface area contributed by atoms with Crippen LogP contribution < -0.4 is 10.2 Å². The number of rotatable bonds is 4. The summed E-state index contributed by atoms with van der Waals surface area (Å²) in [6.07, 6.45) is 5.02. The fourth-order valence-corrected chi connectivity index (χ4v) is 3.91. The second-order valence-corrected chi connectivity index (χ2v) is 7.82. The van der Waals surface area contributed by atoms with E-state index in [0.717, 1.165) is 5.82 Å². The van der Waals surface area contributed by atoms with Gasteiger partial charge < -0.3 is 15.1 Å². The molecule has 0 aliphatic carbocycles. The van der Waals surface area contributed by atoms with E-state index < -0.39 is 0 Å². The molecule has 0 unspecified atom stereocenters. The average Bonchev–Trinajstić information content (AvgIpc) is 3.31. The molecule has 148 valence electrons. The maximum absolute atomic E-state index is 12.9. The number of aromatic nitrogens is 2. The zero-order chi connectivity index (χ0) is 20.2. The van der Waals surface area contributed by atoms with Crippen molar-refractivity contribution in [2.45, 2.75) is 0 Å². The van der Waals surface area contributed by atoms with Crippen molar-refractivity contribution in [3.05, 3.63) is 69.8 Å². The second kappa shape index (κ2) is 8.59. The number of anilines is 2. The normalized spacial score (nSPS) is 14.0. The molecule has 9 heteroatoms. The SMILES string of the molecule is O=C(Nc1cc(C(=O)N2CCN(c3cnccn3)CC2)ccc1Cl)c1cccs1. The molecule has 1 aliphatic rings. The smallest absolute Gasteiger partial charge is 0.265 e. The largest absolute Gasteiger partial charge is 0.352 e. The molecule has 0 bridgehead atoms.